The molecule has 3 aliphatic rings. The molecule has 1 aliphatic carbocycles. The Bertz CT molecular complexity index is 874. The minimum atomic E-state index is -0.263. The van der Waals surface area contributed by atoms with Crippen molar-refractivity contribution in [2.75, 3.05) is 46.3 Å². The molecule has 0 bridgehead atoms. The molecule has 1 aromatic rings. The number of carbonyl (C=O) groups excluding carboxylic acids is 1. The van der Waals surface area contributed by atoms with E-state index >= 15 is 0 Å². The number of nitrogens with zero attached hydrogens (tertiary/aromatic N) is 2. The van der Waals surface area contributed by atoms with E-state index in [9.17, 15) is 9.90 Å². The highest BCUT2D eigenvalue weighted by molar-refractivity contribution is 5.97. The van der Waals surface area contributed by atoms with Crippen LogP contribution in [0.25, 0.3) is 0 Å². The van der Waals surface area contributed by atoms with Crippen molar-refractivity contribution in [3.63, 3.8) is 0 Å². The number of aromatic hydroxyl groups is 1. The number of phenols is 1. The highest BCUT2D eigenvalue weighted by Gasteiger charge is 2.47. The first-order valence-corrected chi connectivity index (χ1v) is 12.7. The fraction of sp³-hybridized carbons (Fsp3) is 0.741. The van der Waals surface area contributed by atoms with Crippen LogP contribution in [0.4, 0.5) is 0 Å². The van der Waals surface area contributed by atoms with Crippen molar-refractivity contribution in [1.82, 2.24) is 15.1 Å². The highest BCUT2D eigenvalue weighted by atomic mass is 16.5. The molecular formula is C27H43N3O3. The second-order valence-electron chi connectivity index (χ2n) is 12.1. The van der Waals surface area contributed by atoms with E-state index in [1.165, 1.54) is 6.42 Å². The summed E-state index contributed by atoms with van der Waals surface area (Å²) >= 11 is 0. The molecule has 2 N–H and O–H groups in total. The molecule has 2 aliphatic heterocycles. The third kappa shape index (κ3) is 5.17. The molecule has 2 heterocycles. The third-order valence-electron chi connectivity index (χ3n) is 8.15. The van der Waals surface area contributed by atoms with Gasteiger partial charge in [0.1, 0.15) is 17.1 Å². The van der Waals surface area contributed by atoms with Crippen molar-refractivity contribution in [2.45, 2.75) is 65.4 Å². The number of nitrogens with one attached hydrogen (secondary N) is 1. The van der Waals surface area contributed by atoms with E-state index in [1.807, 2.05) is 6.07 Å². The van der Waals surface area contributed by atoms with Crippen molar-refractivity contribution >= 4 is 5.91 Å². The number of hydrogen-bond acceptors (Lipinski definition) is 5. The first-order valence-electron chi connectivity index (χ1n) is 12.7. The molecule has 3 atom stereocenters. The Labute approximate surface area is 199 Å². The van der Waals surface area contributed by atoms with Crippen LogP contribution in [-0.4, -0.2) is 72.7 Å². The molecule has 184 valence electrons. The number of phenolic OH excluding ortho intramolecular Hbond substituents is 1. The summed E-state index contributed by atoms with van der Waals surface area (Å²) in [4.78, 5) is 18.0. The minimum absolute atomic E-state index is 0.0492. The van der Waals surface area contributed by atoms with Crippen molar-refractivity contribution in [3.05, 3.63) is 23.3 Å². The number of fused-ring (bicyclic) bond motifs is 3. The van der Waals surface area contributed by atoms with Crippen molar-refractivity contribution in [3.8, 4) is 11.5 Å². The van der Waals surface area contributed by atoms with Crippen LogP contribution in [0.3, 0.4) is 0 Å². The average molecular weight is 458 g/mol. The molecule has 6 heteroatoms. The summed E-state index contributed by atoms with van der Waals surface area (Å²) in [6.45, 7) is 16.8. The summed E-state index contributed by atoms with van der Waals surface area (Å²) in [7, 11) is 2.16. The number of hydrogen-bond donors (Lipinski definition) is 2. The van der Waals surface area contributed by atoms with E-state index in [4.69, 9.17) is 4.74 Å². The lowest BCUT2D eigenvalue weighted by atomic mass is 9.64. The number of piperazine rings is 1. The van der Waals surface area contributed by atoms with E-state index in [-0.39, 0.29) is 28.6 Å². The van der Waals surface area contributed by atoms with Crippen molar-refractivity contribution in [2.24, 2.45) is 17.3 Å². The van der Waals surface area contributed by atoms with Crippen LogP contribution in [0, 0.1) is 17.3 Å². The molecule has 1 saturated carbocycles. The Morgan fingerprint density at radius 2 is 1.91 bits per heavy atom. The number of amides is 1. The van der Waals surface area contributed by atoms with Gasteiger partial charge in [-0.1, -0.05) is 27.2 Å². The Kier molecular flexibility index (Phi) is 6.71. The van der Waals surface area contributed by atoms with E-state index in [2.05, 4.69) is 56.8 Å². The van der Waals surface area contributed by atoms with Crippen LogP contribution in [0.15, 0.2) is 12.1 Å². The zero-order chi connectivity index (χ0) is 24.0. The number of ether oxygens (including phenoxy) is 1. The average Bonchev–Trinajstić information content (AvgIpc) is 2.73. The molecule has 33 heavy (non-hydrogen) atoms. The van der Waals surface area contributed by atoms with Gasteiger partial charge in [0.2, 0.25) is 0 Å². The quantitative estimate of drug-likeness (QED) is 0.697. The number of carbonyl (C=O) groups is 1. The molecule has 2 fully saturated rings. The highest BCUT2D eigenvalue weighted by Crippen LogP contribution is 2.55. The second-order valence-corrected chi connectivity index (χ2v) is 12.1. The summed E-state index contributed by atoms with van der Waals surface area (Å²) in [5.74, 6) is 1.84. The molecule has 0 aromatic heterocycles. The third-order valence-corrected chi connectivity index (χ3v) is 8.15. The fourth-order valence-electron chi connectivity index (χ4n) is 6.19. The Balaban J connectivity index is 1.47. The van der Waals surface area contributed by atoms with E-state index < -0.39 is 0 Å². The van der Waals surface area contributed by atoms with Crippen LogP contribution in [0.1, 0.15) is 75.7 Å². The minimum Gasteiger partial charge on any atom is -0.507 e. The molecule has 6 nitrogen and oxygen atoms in total. The van der Waals surface area contributed by atoms with Crippen LogP contribution < -0.4 is 10.1 Å². The molecule has 0 spiro atoms. The van der Waals surface area contributed by atoms with Gasteiger partial charge < -0.3 is 25.0 Å². The van der Waals surface area contributed by atoms with Crippen LogP contribution >= 0.6 is 0 Å². The van der Waals surface area contributed by atoms with E-state index in [0.717, 1.165) is 56.9 Å². The van der Waals surface area contributed by atoms with Crippen molar-refractivity contribution < 1.29 is 14.6 Å². The maximum absolute atomic E-state index is 13.2. The largest absolute Gasteiger partial charge is 0.507 e. The van der Waals surface area contributed by atoms with Gasteiger partial charge in [-0.3, -0.25) is 4.79 Å². The Morgan fingerprint density at radius 3 is 2.61 bits per heavy atom. The molecule has 1 saturated heterocycles. The van der Waals surface area contributed by atoms with E-state index in [1.54, 1.807) is 6.07 Å². The molecule has 0 unspecified atom stereocenters. The molecule has 0 radical (unpaired) electrons. The summed E-state index contributed by atoms with van der Waals surface area (Å²) < 4.78 is 6.35. The number of benzene rings is 1. The van der Waals surface area contributed by atoms with Gasteiger partial charge in [-0.15, -0.1) is 0 Å². The maximum Gasteiger partial charge on any atom is 0.255 e. The molecule has 1 aromatic carbocycles. The zero-order valence-electron chi connectivity index (χ0n) is 21.4. The Morgan fingerprint density at radius 1 is 1.21 bits per heavy atom. The maximum atomic E-state index is 13.2. The molecule has 1 amide bonds. The summed E-state index contributed by atoms with van der Waals surface area (Å²) in [6, 6.07) is 3.61. The van der Waals surface area contributed by atoms with Gasteiger partial charge in [0.05, 0.1) is 5.56 Å². The Hall–Kier alpha value is -1.79. The summed E-state index contributed by atoms with van der Waals surface area (Å²) in [6.07, 6.45) is 3.31. The molecule has 4 rings (SSSR count). The SMILES string of the molecule is C[C@@H]1CC[C@@H]2[C@@H](C1)c1c(ccc(C(=O)NCC(C)(C)CN3CCN(C)CC3)c1O)OC2(C)C. The lowest BCUT2D eigenvalue weighted by Gasteiger charge is -2.48. The van der Waals surface area contributed by atoms with Gasteiger partial charge in [0, 0.05) is 50.7 Å². The molecular weight excluding hydrogens is 414 g/mol. The predicted molar refractivity (Wildman–Crippen MR) is 132 cm³/mol. The standard InChI is InChI=1S/C27H43N3O3/c1-18-7-9-21-20(15-18)23-22(33-27(21,4)5)10-8-19(24(23)31)25(32)28-16-26(2,3)17-30-13-11-29(6)12-14-30/h8,10,18,20-21,31H,7,9,11-17H2,1-6H3,(H,28,32)/t18-,20-,21-/m1/s1. The summed E-state index contributed by atoms with van der Waals surface area (Å²) in [5, 5.41) is 14.4. The smallest absolute Gasteiger partial charge is 0.255 e. The first-order chi connectivity index (χ1) is 15.5. The summed E-state index contributed by atoms with van der Waals surface area (Å²) in [5.41, 5.74) is 0.896. The fourth-order valence-corrected chi connectivity index (χ4v) is 6.19. The first kappa shape index (κ1) is 24.3. The second kappa shape index (κ2) is 9.10. The lowest BCUT2D eigenvalue weighted by molar-refractivity contribution is -0.0145. The van der Waals surface area contributed by atoms with Gasteiger partial charge >= 0.3 is 0 Å². The van der Waals surface area contributed by atoms with Crippen LogP contribution in [-0.2, 0) is 0 Å². The number of likely N-dealkylation sites (N-methyl/N-ethyl adjacent to an activating group) is 1. The van der Waals surface area contributed by atoms with E-state index in [0.29, 0.717) is 23.9 Å². The lowest BCUT2D eigenvalue weighted by Crippen LogP contribution is -2.49. The van der Waals surface area contributed by atoms with Crippen LogP contribution in [0.5, 0.6) is 11.5 Å². The van der Waals surface area contributed by atoms with Gasteiger partial charge in [-0.25, -0.2) is 0 Å². The van der Waals surface area contributed by atoms with Gasteiger partial charge in [0.15, 0.2) is 0 Å². The van der Waals surface area contributed by atoms with Crippen LogP contribution in [0.2, 0.25) is 0 Å². The van der Waals surface area contributed by atoms with Gasteiger partial charge in [-0.2, -0.15) is 0 Å². The predicted octanol–water partition coefficient (Wildman–Crippen LogP) is 4.09. The van der Waals surface area contributed by atoms with Gasteiger partial charge in [-0.05, 0) is 63.1 Å². The topological polar surface area (TPSA) is 65.0 Å². The normalized spacial score (nSPS) is 27.9. The van der Waals surface area contributed by atoms with Gasteiger partial charge in [0.25, 0.3) is 5.91 Å². The zero-order valence-corrected chi connectivity index (χ0v) is 21.4. The van der Waals surface area contributed by atoms with Crippen molar-refractivity contribution in [1.29, 1.82) is 0 Å². The number of rotatable bonds is 5. The monoisotopic (exact) mass is 457 g/mol.